The van der Waals surface area contributed by atoms with Crippen LogP contribution in [0.2, 0.25) is 0 Å². The number of anilines is 1. The number of carbonyl (C=O) groups excluding carboxylic acids is 1. The lowest BCUT2D eigenvalue weighted by Crippen LogP contribution is -2.13. The van der Waals surface area contributed by atoms with Crippen molar-refractivity contribution in [3.05, 3.63) is 29.8 Å². The molecule has 0 saturated carbocycles. The molecule has 1 heterocycles. The van der Waals surface area contributed by atoms with Crippen LogP contribution < -0.4 is 16.2 Å². The summed E-state index contributed by atoms with van der Waals surface area (Å²) in [5.41, 5.74) is 12.1. The molecule has 1 aromatic heterocycles. The number of carbonyl (C=O) groups is 1. The molecular weight excluding hydrogens is 302 g/mol. The second-order valence-corrected chi connectivity index (χ2v) is 5.17. The van der Waals surface area contributed by atoms with Crippen LogP contribution in [-0.2, 0) is 4.79 Å². The summed E-state index contributed by atoms with van der Waals surface area (Å²) >= 11 is 1.05. The number of benzene rings is 1. The summed E-state index contributed by atoms with van der Waals surface area (Å²) < 4.78 is 5.17. The lowest BCUT2D eigenvalue weighted by Gasteiger charge is -2.09. The highest BCUT2D eigenvalue weighted by Crippen LogP contribution is 2.30. The van der Waals surface area contributed by atoms with E-state index >= 15 is 0 Å². The predicted octanol–water partition coefficient (Wildman–Crippen LogP) is 1.18. The van der Waals surface area contributed by atoms with Gasteiger partial charge in [-0.25, -0.2) is 9.97 Å². The molecule has 112 valence electrons. The summed E-state index contributed by atoms with van der Waals surface area (Å²) in [6.45, 7) is 0. The van der Waals surface area contributed by atoms with E-state index in [0.717, 1.165) is 11.8 Å². The van der Waals surface area contributed by atoms with Crippen molar-refractivity contribution in [1.29, 1.82) is 5.26 Å². The Labute approximate surface area is 131 Å². The monoisotopic (exact) mass is 315 g/mol. The Bertz CT molecular complexity index is 757. The molecule has 0 unspecified atom stereocenters. The lowest BCUT2D eigenvalue weighted by atomic mass is 10.1. The summed E-state index contributed by atoms with van der Waals surface area (Å²) in [5, 5.41) is 9.74. The van der Waals surface area contributed by atoms with Crippen LogP contribution in [0.5, 0.6) is 5.75 Å². The summed E-state index contributed by atoms with van der Waals surface area (Å²) in [7, 11) is 1.55. The van der Waals surface area contributed by atoms with Gasteiger partial charge in [0.25, 0.3) is 0 Å². The Morgan fingerprint density at radius 1 is 1.45 bits per heavy atom. The largest absolute Gasteiger partial charge is 0.497 e. The number of hydrogen-bond donors (Lipinski definition) is 2. The Balaban J connectivity index is 2.55. The Morgan fingerprint density at radius 2 is 2.23 bits per heavy atom. The molecule has 0 aliphatic heterocycles. The van der Waals surface area contributed by atoms with Crippen LogP contribution in [0.25, 0.3) is 11.3 Å². The maximum absolute atomic E-state index is 10.9. The molecule has 1 amide bonds. The minimum absolute atomic E-state index is 0.00266. The SMILES string of the molecule is COc1cccc(-c2nc(N)nc(SCC(N)=O)c2C#N)c1. The highest BCUT2D eigenvalue weighted by molar-refractivity contribution is 8.00. The van der Waals surface area contributed by atoms with Crippen LogP contribution in [0.4, 0.5) is 5.95 Å². The number of nitrogens with two attached hydrogens (primary N) is 2. The van der Waals surface area contributed by atoms with Gasteiger partial charge < -0.3 is 16.2 Å². The van der Waals surface area contributed by atoms with Crippen LogP contribution in [0.3, 0.4) is 0 Å². The van der Waals surface area contributed by atoms with Crippen LogP contribution in [-0.4, -0.2) is 28.7 Å². The molecule has 2 rings (SSSR count). The molecule has 0 fully saturated rings. The van der Waals surface area contributed by atoms with E-state index in [2.05, 4.69) is 16.0 Å². The van der Waals surface area contributed by atoms with Gasteiger partial charge in [-0.2, -0.15) is 5.26 Å². The standard InChI is InChI=1S/C14H13N5O2S/c1-21-9-4-2-3-8(5-9)12-10(6-15)13(19-14(17)18-12)22-7-11(16)20/h2-5H,7H2,1H3,(H2,16,20)(H2,17,18,19). The number of hydrogen-bond acceptors (Lipinski definition) is 7. The predicted molar refractivity (Wildman–Crippen MR) is 83.1 cm³/mol. The van der Waals surface area contributed by atoms with E-state index in [4.69, 9.17) is 16.2 Å². The summed E-state index contributed by atoms with van der Waals surface area (Å²) in [4.78, 5) is 19.1. The van der Waals surface area contributed by atoms with Crippen molar-refractivity contribution in [2.45, 2.75) is 5.03 Å². The number of nitrogen functional groups attached to an aromatic ring is 1. The number of thioether (sulfide) groups is 1. The number of methoxy groups -OCH3 is 1. The van der Waals surface area contributed by atoms with Gasteiger partial charge in [0.1, 0.15) is 22.4 Å². The van der Waals surface area contributed by atoms with Gasteiger partial charge in [-0.3, -0.25) is 4.79 Å². The lowest BCUT2D eigenvalue weighted by molar-refractivity contribution is -0.115. The second-order valence-electron chi connectivity index (χ2n) is 4.21. The van der Waals surface area contributed by atoms with Crippen LogP contribution in [0.1, 0.15) is 5.56 Å². The van der Waals surface area contributed by atoms with Crippen molar-refractivity contribution >= 4 is 23.6 Å². The summed E-state index contributed by atoms with van der Waals surface area (Å²) in [6, 6.07) is 9.15. The topological polar surface area (TPSA) is 128 Å². The molecule has 0 radical (unpaired) electrons. The van der Waals surface area contributed by atoms with Crippen molar-refractivity contribution in [2.24, 2.45) is 5.73 Å². The molecule has 4 N–H and O–H groups in total. The molecule has 22 heavy (non-hydrogen) atoms. The highest BCUT2D eigenvalue weighted by Gasteiger charge is 2.16. The van der Waals surface area contributed by atoms with E-state index < -0.39 is 5.91 Å². The third-order valence-corrected chi connectivity index (χ3v) is 3.70. The van der Waals surface area contributed by atoms with Gasteiger partial charge in [-0.05, 0) is 12.1 Å². The average Bonchev–Trinajstić information content (AvgIpc) is 2.52. The van der Waals surface area contributed by atoms with Gasteiger partial charge in [0.05, 0.1) is 18.6 Å². The van der Waals surface area contributed by atoms with Crippen molar-refractivity contribution in [1.82, 2.24) is 9.97 Å². The molecule has 8 heteroatoms. The summed E-state index contributed by atoms with van der Waals surface area (Å²) in [5.74, 6) is 0.144. The van der Waals surface area contributed by atoms with E-state index in [1.807, 2.05) is 0 Å². The van der Waals surface area contributed by atoms with Gasteiger partial charge in [-0.1, -0.05) is 23.9 Å². The number of rotatable bonds is 5. The van der Waals surface area contributed by atoms with Crippen molar-refractivity contribution < 1.29 is 9.53 Å². The first-order chi connectivity index (χ1) is 10.5. The normalized spacial score (nSPS) is 10.0. The van der Waals surface area contributed by atoms with E-state index in [1.54, 1.807) is 31.4 Å². The fraction of sp³-hybridized carbons (Fsp3) is 0.143. The Morgan fingerprint density at radius 3 is 2.86 bits per heavy atom. The van der Waals surface area contributed by atoms with E-state index in [1.165, 1.54) is 0 Å². The zero-order valence-corrected chi connectivity index (χ0v) is 12.6. The minimum Gasteiger partial charge on any atom is -0.497 e. The molecule has 0 aliphatic carbocycles. The highest BCUT2D eigenvalue weighted by atomic mass is 32.2. The Hall–Kier alpha value is -2.79. The van der Waals surface area contributed by atoms with E-state index in [9.17, 15) is 10.1 Å². The van der Waals surface area contributed by atoms with Crippen LogP contribution in [0.15, 0.2) is 29.3 Å². The van der Waals surface area contributed by atoms with Crippen molar-refractivity contribution in [2.75, 3.05) is 18.6 Å². The van der Waals surface area contributed by atoms with Gasteiger partial charge >= 0.3 is 0 Å². The summed E-state index contributed by atoms with van der Waals surface area (Å²) in [6.07, 6.45) is 0. The van der Waals surface area contributed by atoms with Crippen molar-refractivity contribution in [3.63, 3.8) is 0 Å². The van der Waals surface area contributed by atoms with Gasteiger partial charge in [0.15, 0.2) is 0 Å². The van der Waals surface area contributed by atoms with Gasteiger partial charge in [-0.15, -0.1) is 0 Å². The minimum atomic E-state index is -0.506. The van der Waals surface area contributed by atoms with E-state index in [-0.39, 0.29) is 17.3 Å². The molecular formula is C14H13N5O2S. The molecule has 0 spiro atoms. The first kappa shape index (κ1) is 15.6. The molecule has 1 aromatic carbocycles. The smallest absolute Gasteiger partial charge is 0.227 e. The maximum atomic E-state index is 10.9. The van der Waals surface area contributed by atoms with Gasteiger partial charge in [0.2, 0.25) is 11.9 Å². The second kappa shape index (κ2) is 6.78. The number of ether oxygens (including phenoxy) is 1. The number of nitriles is 1. The molecule has 0 aliphatic rings. The fourth-order valence-corrected chi connectivity index (χ4v) is 2.50. The number of aromatic nitrogens is 2. The fourth-order valence-electron chi connectivity index (χ4n) is 1.78. The molecule has 0 saturated heterocycles. The molecule has 0 bridgehead atoms. The Kier molecular flexibility index (Phi) is 4.80. The first-order valence-electron chi connectivity index (χ1n) is 6.18. The zero-order chi connectivity index (χ0) is 16.1. The average molecular weight is 315 g/mol. The molecule has 2 aromatic rings. The number of primary amides is 1. The van der Waals surface area contributed by atoms with Crippen LogP contribution in [0, 0.1) is 11.3 Å². The first-order valence-corrected chi connectivity index (χ1v) is 7.17. The van der Waals surface area contributed by atoms with Gasteiger partial charge in [0, 0.05) is 5.56 Å². The quantitative estimate of drug-likeness (QED) is 0.626. The maximum Gasteiger partial charge on any atom is 0.227 e. The number of nitrogens with zero attached hydrogens (tertiary/aromatic N) is 3. The van der Waals surface area contributed by atoms with Crippen molar-refractivity contribution in [3.8, 4) is 23.1 Å². The zero-order valence-electron chi connectivity index (χ0n) is 11.7. The van der Waals surface area contributed by atoms with Crippen LogP contribution >= 0.6 is 11.8 Å². The third kappa shape index (κ3) is 3.45. The van der Waals surface area contributed by atoms with E-state index in [0.29, 0.717) is 22.0 Å². The molecule has 7 nitrogen and oxygen atoms in total. The molecule has 0 atom stereocenters. The third-order valence-electron chi connectivity index (χ3n) is 2.70. The number of amides is 1.